The van der Waals surface area contributed by atoms with Crippen LogP contribution in [0.15, 0.2) is 0 Å². The zero-order chi connectivity index (χ0) is 14.5. The molecule has 1 aromatic rings. The lowest BCUT2D eigenvalue weighted by atomic mass is 10.1. The van der Waals surface area contributed by atoms with E-state index in [1.807, 2.05) is 13.8 Å². The van der Waals surface area contributed by atoms with Gasteiger partial charge < -0.3 is 16.0 Å². The average molecular weight is 277 g/mol. The number of nitrogens with one attached hydrogen (secondary N) is 3. The third kappa shape index (κ3) is 3.37. The van der Waals surface area contributed by atoms with Crippen molar-refractivity contribution >= 4 is 17.5 Å². The van der Waals surface area contributed by atoms with E-state index < -0.39 is 0 Å². The fourth-order valence-electron chi connectivity index (χ4n) is 2.26. The molecular weight excluding hydrogens is 254 g/mol. The second kappa shape index (κ2) is 6.54. The van der Waals surface area contributed by atoms with E-state index in [1.165, 1.54) is 0 Å². The lowest BCUT2D eigenvalue weighted by Gasteiger charge is -2.24. The third-order valence-electron chi connectivity index (χ3n) is 3.40. The van der Waals surface area contributed by atoms with E-state index in [0.717, 1.165) is 49.6 Å². The molecule has 0 aliphatic carbocycles. The Kier molecular flexibility index (Phi) is 4.76. The first-order valence-electron chi connectivity index (χ1n) is 7.25. The normalized spacial score (nSPS) is 18.6. The molecule has 0 saturated carbocycles. The summed E-state index contributed by atoms with van der Waals surface area (Å²) in [5.41, 5.74) is 0.961. The lowest BCUT2D eigenvalue weighted by molar-refractivity contribution is -0.123. The van der Waals surface area contributed by atoms with Gasteiger partial charge in [-0.2, -0.15) is 0 Å². The van der Waals surface area contributed by atoms with Crippen LogP contribution in [0.25, 0.3) is 0 Å². The molecule has 1 aliphatic heterocycles. The van der Waals surface area contributed by atoms with Gasteiger partial charge >= 0.3 is 0 Å². The number of rotatable bonds is 5. The largest absolute Gasteiger partial charge is 0.370 e. The molecule has 0 aromatic carbocycles. The van der Waals surface area contributed by atoms with Gasteiger partial charge in [-0.15, -0.1) is 0 Å². The molecule has 110 valence electrons. The maximum absolute atomic E-state index is 11.8. The van der Waals surface area contributed by atoms with Crippen LogP contribution in [0.4, 0.5) is 11.6 Å². The van der Waals surface area contributed by atoms with Crippen LogP contribution in [0.1, 0.15) is 37.6 Å². The van der Waals surface area contributed by atoms with Crippen molar-refractivity contribution in [3.63, 3.8) is 0 Å². The quantitative estimate of drug-likeness (QED) is 0.762. The molecule has 6 nitrogen and oxygen atoms in total. The van der Waals surface area contributed by atoms with Gasteiger partial charge in [0.1, 0.15) is 23.5 Å². The number of carbonyl (C=O) groups is 1. The highest BCUT2D eigenvalue weighted by Gasteiger charge is 2.23. The van der Waals surface area contributed by atoms with Gasteiger partial charge in [0.2, 0.25) is 5.91 Å². The SMILES string of the molecule is CCCNc1nc(C)nc(NC2CCCNC2=O)c1C. The Bertz CT molecular complexity index is 489. The second-order valence-corrected chi connectivity index (χ2v) is 5.15. The molecule has 0 spiro atoms. The molecule has 2 heterocycles. The predicted octanol–water partition coefficient (Wildman–Crippen LogP) is 1.61. The van der Waals surface area contributed by atoms with E-state index in [0.29, 0.717) is 5.82 Å². The summed E-state index contributed by atoms with van der Waals surface area (Å²) in [5, 5.41) is 9.43. The lowest BCUT2D eigenvalue weighted by Crippen LogP contribution is -2.44. The van der Waals surface area contributed by atoms with Crippen molar-refractivity contribution in [1.29, 1.82) is 0 Å². The molecular formula is C14H23N5O. The Labute approximate surface area is 119 Å². The maximum atomic E-state index is 11.8. The molecule has 1 atom stereocenters. The molecule has 1 aliphatic rings. The summed E-state index contributed by atoms with van der Waals surface area (Å²) in [5.74, 6) is 2.35. The highest BCUT2D eigenvalue weighted by molar-refractivity contribution is 5.85. The van der Waals surface area contributed by atoms with Gasteiger partial charge in [-0.05, 0) is 33.1 Å². The van der Waals surface area contributed by atoms with E-state index >= 15 is 0 Å². The highest BCUT2D eigenvalue weighted by Crippen LogP contribution is 2.21. The summed E-state index contributed by atoms with van der Waals surface area (Å²) in [7, 11) is 0. The number of piperidine rings is 1. The minimum absolute atomic E-state index is 0.0509. The molecule has 20 heavy (non-hydrogen) atoms. The summed E-state index contributed by atoms with van der Waals surface area (Å²) in [6.07, 6.45) is 2.87. The van der Waals surface area contributed by atoms with Gasteiger partial charge in [-0.1, -0.05) is 6.92 Å². The number of hydrogen-bond donors (Lipinski definition) is 3. The van der Waals surface area contributed by atoms with Crippen LogP contribution in [0, 0.1) is 13.8 Å². The molecule has 1 amide bonds. The first-order chi connectivity index (χ1) is 9.61. The van der Waals surface area contributed by atoms with Crippen molar-refractivity contribution in [1.82, 2.24) is 15.3 Å². The van der Waals surface area contributed by atoms with Crippen LogP contribution >= 0.6 is 0 Å². The molecule has 1 saturated heterocycles. The standard InChI is InChI=1S/C14H23N5O/c1-4-7-15-12-9(2)13(18-10(3)17-12)19-11-6-5-8-16-14(11)20/h11H,4-8H2,1-3H3,(H,16,20)(H2,15,17,18,19). The Morgan fingerprint density at radius 3 is 2.75 bits per heavy atom. The molecule has 1 fully saturated rings. The Morgan fingerprint density at radius 2 is 2.05 bits per heavy atom. The molecule has 6 heteroatoms. The third-order valence-corrected chi connectivity index (χ3v) is 3.40. The van der Waals surface area contributed by atoms with E-state index in [2.05, 4.69) is 32.8 Å². The van der Waals surface area contributed by atoms with E-state index in [9.17, 15) is 4.79 Å². The van der Waals surface area contributed by atoms with Crippen LogP contribution in [-0.2, 0) is 4.79 Å². The molecule has 2 rings (SSSR count). The van der Waals surface area contributed by atoms with Crippen molar-refractivity contribution in [2.24, 2.45) is 0 Å². The van der Waals surface area contributed by atoms with Crippen molar-refractivity contribution in [2.75, 3.05) is 23.7 Å². The van der Waals surface area contributed by atoms with Gasteiger partial charge in [-0.25, -0.2) is 9.97 Å². The van der Waals surface area contributed by atoms with Gasteiger partial charge in [0, 0.05) is 18.7 Å². The number of nitrogens with zero attached hydrogens (tertiary/aromatic N) is 2. The van der Waals surface area contributed by atoms with E-state index in [-0.39, 0.29) is 11.9 Å². The van der Waals surface area contributed by atoms with Crippen LogP contribution < -0.4 is 16.0 Å². The highest BCUT2D eigenvalue weighted by atomic mass is 16.2. The summed E-state index contributed by atoms with van der Waals surface area (Å²) in [6, 6.07) is -0.198. The van der Waals surface area contributed by atoms with Crippen LogP contribution in [0.2, 0.25) is 0 Å². The van der Waals surface area contributed by atoms with Gasteiger partial charge in [-0.3, -0.25) is 4.79 Å². The molecule has 1 unspecified atom stereocenters. The van der Waals surface area contributed by atoms with Gasteiger partial charge in [0.05, 0.1) is 0 Å². The predicted molar refractivity (Wildman–Crippen MR) is 79.9 cm³/mol. The first kappa shape index (κ1) is 14.6. The van der Waals surface area contributed by atoms with Crippen molar-refractivity contribution in [2.45, 2.75) is 46.1 Å². The number of hydrogen-bond acceptors (Lipinski definition) is 5. The topological polar surface area (TPSA) is 78.9 Å². The maximum Gasteiger partial charge on any atom is 0.242 e. The van der Waals surface area contributed by atoms with Crippen LogP contribution in [0.5, 0.6) is 0 Å². The number of anilines is 2. The fraction of sp³-hybridized carbons (Fsp3) is 0.643. The number of aryl methyl sites for hydroxylation is 1. The monoisotopic (exact) mass is 277 g/mol. The van der Waals surface area contributed by atoms with Crippen molar-refractivity contribution < 1.29 is 4.79 Å². The second-order valence-electron chi connectivity index (χ2n) is 5.15. The Balaban J connectivity index is 2.17. The molecule has 0 bridgehead atoms. The molecule has 1 aromatic heterocycles. The van der Waals surface area contributed by atoms with Crippen LogP contribution in [-0.4, -0.2) is 35.0 Å². The van der Waals surface area contributed by atoms with Gasteiger partial charge in [0.25, 0.3) is 0 Å². The summed E-state index contributed by atoms with van der Waals surface area (Å²) in [4.78, 5) is 20.7. The Morgan fingerprint density at radius 1 is 1.30 bits per heavy atom. The Hall–Kier alpha value is -1.85. The summed E-state index contributed by atoms with van der Waals surface area (Å²) in [6.45, 7) is 7.59. The zero-order valence-corrected chi connectivity index (χ0v) is 12.4. The smallest absolute Gasteiger partial charge is 0.242 e. The minimum Gasteiger partial charge on any atom is -0.370 e. The fourth-order valence-corrected chi connectivity index (χ4v) is 2.26. The minimum atomic E-state index is -0.198. The summed E-state index contributed by atoms with van der Waals surface area (Å²) < 4.78 is 0. The summed E-state index contributed by atoms with van der Waals surface area (Å²) >= 11 is 0. The van der Waals surface area contributed by atoms with Crippen LogP contribution in [0.3, 0.4) is 0 Å². The number of amides is 1. The molecule has 0 radical (unpaired) electrons. The number of carbonyl (C=O) groups excluding carboxylic acids is 1. The average Bonchev–Trinajstić information content (AvgIpc) is 2.43. The molecule has 3 N–H and O–H groups in total. The van der Waals surface area contributed by atoms with Gasteiger partial charge in [0.15, 0.2) is 0 Å². The van der Waals surface area contributed by atoms with Crippen molar-refractivity contribution in [3.05, 3.63) is 11.4 Å². The first-order valence-corrected chi connectivity index (χ1v) is 7.25. The number of aromatic nitrogens is 2. The zero-order valence-electron chi connectivity index (χ0n) is 12.4. The van der Waals surface area contributed by atoms with E-state index in [4.69, 9.17) is 0 Å². The van der Waals surface area contributed by atoms with Crippen molar-refractivity contribution in [3.8, 4) is 0 Å². The van der Waals surface area contributed by atoms with E-state index in [1.54, 1.807) is 0 Å².